The Kier molecular flexibility index (Phi) is 3.44. The van der Waals surface area contributed by atoms with Gasteiger partial charge in [-0.2, -0.15) is 0 Å². The van der Waals surface area contributed by atoms with E-state index in [1.54, 1.807) is 0 Å². The highest BCUT2D eigenvalue weighted by atomic mass is 32.2. The molecule has 2 atom stereocenters. The summed E-state index contributed by atoms with van der Waals surface area (Å²) in [7, 11) is 0. The SMILES string of the molecule is CC(NC1CCSc2ccccc21)C1CCC1. The van der Waals surface area contributed by atoms with Crippen LogP contribution in [0.15, 0.2) is 29.2 Å². The van der Waals surface area contributed by atoms with Crippen molar-refractivity contribution in [3.63, 3.8) is 0 Å². The maximum atomic E-state index is 3.86. The number of hydrogen-bond acceptors (Lipinski definition) is 2. The van der Waals surface area contributed by atoms with Crippen molar-refractivity contribution in [3.8, 4) is 0 Å². The molecule has 2 unspecified atom stereocenters. The van der Waals surface area contributed by atoms with Crippen LogP contribution in [0.3, 0.4) is 0 Å². The van der Waals surface area contributed by atoms with E-state index in [0.29, 0.717) is 12.1 Å². The molecule has 1 heterocycles. The van der Waals surface area contributed by atoms with E-state index in [2.05, 4.69) is 36.5 Å². The zero-order valence-electron chi connectivity index (χ0n) is 10.5. The molecule has 1 nitrogen and oxygen atoms in total. The van der Waals surface area contributed by atoms with Gasteiger partial charge in [0.2, 0.25) is 0 Å². The second-order valence-electron chi connectivity index (χ2n) is 5.37. The first-order valence-corrected chi connectivity index (χ1v) is 7.81. The Labute approximate surface area is 108 Å². The summed E-state index contributed by atoms with van der Waals surface area (Å²) >= 11 is 2.01. The summed E-state index contributed by atoms with van der Waals surface area (Å²) in [6.45, 7) is 2.37. The first-order chi connectivity index (χ1) is 8.34. The topological polar surface area (TPSA) is 12.0 Å². The first kappa shape index (κ1) is 11.6. The number of thioether (sulfide) groups is 1. The molecule has 2 aliphatic rings. The fourth-order valence-corrected chi connectivity index (χ4v) is 4.03. The highest BCUT2D eigenvalue weighted by molar-refractivity contribution is 7.99. The predicted molar refractivity (Wildman–Crippen MR) is 74.5 cm³/mol. The molecule has 17 heavy (non-hydrogen) atoms. The van der Waals surface area contributed by atoms with Crippen LogP contribution in [-0.2, 0) is 0 Å². The molecule has 3 rings (SSSR count). The third-order valence-corrected chi connectivity index (χ3v) is 5.40. The van der Waals surface area contributed by atoms with Crippen molar-refractivity contribution in [1.29, 1.82) is 0 Å². The molecule has 0 spiro atoms. The molecule has 0 bridgehead atoms. The zero-order valence-corrected chi connectivity index (χ0v) is 11.3. The number of rotatable bonds is 3. The van der Waals surface area contributed by atoms with Gasteiger partial charge in [-0.05, 0) is 49.5 Å². The minimum absolute atomic E-state index is 0.586. The molecule has 92 valence electrons. The van der Waals surface area contributed by atoms with Gasteiger partial charge in [0.1, 0.15) is 0 Å². The van der Waals surface area contributed by atoms with Gasteiger partial charge in [0, 0.05) is 17.0 Å². The van der Waals surface area contributed by atoms with E-state index in [9.17, 15) is 0 Å². The second kappa shape index (κ2) is 5.03. The summed E-state index contributed by atoms with van der Waals surface area (Å²) in [5.41, 5.74) is 1.52. The van der Waals surface area contributed by atoms with Gasteiger partial charge in [0.25, 0.3) is 0 Å². The molecule has 1 aliphatic carbocycles. The maximum Gasteiger partial charge on any atom is 0.0341 e. The van der Waals surface area contributed by atoms with E-state index < -0.39 is 0 Å². The molecule has 1 saturated carbocycles. The number of fused-ring (bicyclic) bond motifs is 1. The number of nitrogens with one attached hydrogen (secondary N) is 1. The summed E-state index contributed by atoms with van der Waals surface area (Å²) in [5, 5.41) is 3.86. The van der Waals surface area contributed by atoms with E-state index in [-0.39, 0.29) is 0 Å². The van der Waals surface area contributed by atoms with Crippen LogP contribution < -0.4 is 5.32 Å². The molecule has 1 aliphatic heterocycles. The van der Waals surface area contributed by atoms with E-state index >= 15 is 0 Å². The molecule has 0 radical (unpaired) electrons. The van der Waals surface area contributed by atoms with Gasteiger partial charge in [-0.15, -0.1) is 11.8 Å². The summed E-state index contributed by atoms with van der Waals surface area (Å²) in [5.74, 6) is 2.18. The lowest BCUT2D eigenvalue weighted by Gasteiger charge is -2.36. The summed E-state index contributed by atoms with van der Waals surface area (Å²) < 4.78 is 0. The Morgan fingerprint density at radius 3 is 2.82 bits per heavy atom. The van der Waals surface area contributed by atoms with Crippen molar-refractivity contribution in [2.24, 2.45) is 5.92 Å². The standard InChI is InChI=1S/C15H21NS/c1-11(12-5-4-6-12)16-14-9-10-17-15-8-3-2-7-13(14)15/h2-3,7-8,11-12,14,16H,4-6,9-10H2,1H3. The van der Waals surface area contributed by atoms with Crippen LogP contribution in [0.4, 0.5) is 0 Å². The molecular weight excluding hydrogens is 226 g/mol. The number of hydrogen-bond donors (Lipinski definition) is 1. The molecule has 0 saturated heterocycles. The van der Waals surface area contributed by atoms with E-state index in [0.717, 1.165) is 5.92 Å². The third-order valence-electron chi connectivity index (χ3n) is 4.28. The van der Waals surface area contributed by atoms with Crippen molar-refractivity contribution in [3.05, 3.63) is 29.8 Å². The van der Waals surface area contributed by atoms with Crippen molar-refractivity contribution in [1.82, 2.24) is 5.32 Å². The molecule has 1 fully saturated rings. The second-order valence-corrected chi connectivity index (χ2v) is 6.51. The Balaban J connectivity index is 1.71. The summed E-state index contributed by atoms with van der Waals surface area (Å²) in [6, 6.07) is 10.2. The fourth-order valence-electron chi connectivity index (χ4n) is 2.91. The zero-order chi connectivity index (χ0) is 11.7. The third kappa shape index (κ3) is 2.38. The maximum absolute atomic E-state index is 3.86. The molecule has 1 N–H and O–H groups in total. The first-order valence-electron chi connectivity index (χ1n) is 6.82. The smallest absolute Gasteiger partial charge is 0.0341 e. The highest BCUT2D eigenvalue weighted by Crippen LogP contribution is 2.37. The number of benzene rings is 1. The fraction of sp³-hybridized carbons (Fsp3) is 0.600. The molecular formula is C15H21NS. The quantitative estimate of drug-likeness (QED) is 0.866. The highest BCUT2D eigenvalue weighted by Gasteiger charge is 2.27. The van der Waals surface area contributed by atoms with Gasteiger partial charge >= 0.3 is 0 Å². The van der Waals surface area contributed by atoms with Gasteiger partial charge in [-0.1, -0.05) is 24.6 Å². The van der Waals surface area contributed by atoms with Crippen LogP contribution in [0.5, 0.6) is 0 Å². The average molecular weight is 247 g/mol. The normalized spacial score (nSPS) is 26.1. The Morgan fingerprint density at radius 2 is 2.06 bits per heavy atom. The van der Waals surface area contributed by atoms with Gasteiger partial charge < -0.3 is 5.32 Å². The monoisotopic (exact) mass is 247 g/mol. The molecule has 2 heteroatoms. The summed E-state index contributed by atoms with van der Waals surface area (Å²) in [6.07, 6.45) is 5.57. The van der Waals surface area contributed by atoms with Gasteiger partial charge in [-0.25, -0.2) is 0 Å². The van der Waals surface area contributed by atoms with Crippen molar-refractivity contribution in [2.75, 3.05) is 5.75 Å². The minimum atomic E-state index is 0.586. The molecule has 0 amide bonds. The van der Waals surface area contributed by atoms with Crippen LogP contribution in [0.1, 0.15) is 44.2 Å². The Bertz CT molecular complexity index is 386. The van der Waals surface area contributed by atoms with Crippen molar-refractivity contribution < 1.29 is 0 Å². The van der Waals surface area contributed by atoms with E-state index in [4.69, 9.17) is 0 Å². The summed E-state index contributed by atoms with van der Waals surface area (Å²) in [4.78, 5) is 1.48. The van der Waals surface area contributed by atoms with E-state index in [1.165, 1.54) is 41.9 Å². The lowest BCUT2D eigenvalue weighted by molar-refractivity contribution is 0.224. The van der Waals surface area contributed by atoms with Crippen LogP contribution >= 0.6 is 11.8 Å². The Morgan fingerprint density at radius 1 is 1.24 bits per heavy atom. The van der Waals surface area contributed by atoms with Crippen molar-refractivity contribution in [2.45, 2.75) is 49.6 Å². The van der Waals surface area contributed by atoms with Crippen LogP contribution in [0, 0.1) is 5.92 Å². The average Bonchev–Trinajstić information content (AvgIpc) is 2.27. The van der Waals surface area contributed by atoms with Crippen molar-refractivity contribution >= 4 is 11.8 Å². The van der Waals surface area contributed by atoms with Gasteiger partial charge in [0.15, 0.2) is 0 Å². The Hall–Kier alpha value is -0.470. The largest absolute Gasteiger partial charge is 0.307 e. The predicted octanol–water partition coefficient (Wildman–Crippen LogP) is 4.00. The van der Waals surface area contributed by atoms with Crippen LogP contribution in [0.25, 0.3) is 0 Å². The molecule has 1 aromatic carbocycles. The lowest BCUT2D eigenvalue weighted by Crippen LogP contribution is -2.40. The van der Waals surface area contributed by atoms with Crippen LogP contribution in [-0.4, -0.2) is 11.8 Å². The lowest BCUT2D eigenvalue weighted by atomic mass is 9.80. The van der Waals surface area contributed by atoms with Gasteiger partial charge in [-0.3, -0.25) is 0 Å². The minimum Gasteiger partial charge on any atom is -0.307 e. The molecule has 1 aromatic rings. The molecule has 0 aromatic heterocycles. The van der Waals surface area contributed by atoms with Gasteiger partial charge in [0.05, 0.1) is 0 Å². The van der Waals surface area contributed by atoms with Crippen LogP contribution in [0.2, 0.25) is 0 Å². The van der Waals surface area contributed by atoms with E-state index in [1.807, 2.05) is 11.8 Å².